The maximum absolute atomic E-state index is 12.8. The smallest absolute Gasteiger partial charge is 0.240 e. The molecule has 2 aromatic carbocycles. The number of nitrogens with one attached hydrogen (secondary N) is 1. The molecule has 0 aromatic heterocycles. The van der Waals surface area contributed by atoms with Crippen LogP contribution in [0.5, 0.6) is 0 Å². The first-order valence-corrected chi connectivity index (χ1v) is 13.4. The molecule has 3 unspecified atom stereocenters. The van der Waals surface area contributed by atoms with Crippen LogP contribution in [-0.2, 0) is 4.79 Å². The molecule has 0 radical (unpaired) electrons. The van der Waals surface area contributed by atoms with Crippen molar-refractivity contribution in [3.05, 3.63) is 59.7 Å². The van der Waals surface area contributed by atoms with Crippen molar-refractivity contribution in [3.63, 3.8) is 0 Å². The maximum atomic E-state index is 12.8. The lowest BCUT2D eigenvalue weighted by Crippen LogP contribution is -2.43. The van der Waals surface area contributed by atoms with Gasteiger partial charge in [0, 0.05) is 36.6 Å². The van der Waals surface area contributed by atoms with Crippen molar-refractivity contribution in [1.82, 2.24) is 9.80 Å². The van der Waals surface area contributed by atoms with Gasteiger partial charge in [-0.25, -0.2) is 0 Å². The first kappa shape index (κ1) is 24.1. The van der Waals surface area contributed by atoms with Gasteiger partial charge in [-0.1, -0.05) is 43.5 Å². The Morgan fingerprint density at radius 3 is 2.29 bits per heavy atom. The largest absolute Gasteiger partial charge is 0.369 e. The fourth-order valence-corrected chi connectivity index (χ4v) is 6.15. The highest BCUT2D eigenvalue weighted by Crippen LogP contribution is 2.33. The number of carbonyl (C=O) groups is 1. The number of aliphatic hydroxyl groups is 1. The van der Waals surface area contributed by atoms with Gasteiger partial charge in [0.15, 0.2) is 6.23 Å². The van der Waals surface area contributed by atoms with E-state index >= 15 is 0 Å². The fourth-order valence-electron chi connectivity index (χ4n) is 6.15. The molecule has 2 heterocycles. The maximum Gasteiger partial charge on any atom is 0.240 e. The lowest BCUT2D eigenvalue weighted by atomic mass is 9.84. The van der Waals surface area contributed by atoms with E-state index in [4.69, 9.17) is 0 Å². The standard InChI is InChI=1S/C29H40N4O2/c1-31(2)27-17-19-33(29(27)35)26-16-18-32(20-26)25-14-12-24(13-15-25)30-28(34)23-10-8-22(9-11-23)21-6-4-3-5-7-21/h8-15,21,26-28,30,34H,3-7,16-20H2,1-2H3. The van der Waals surface area contributed by atoms with Crippen molar-refractivity contribution in [2.24, 2.45) is 0 Å². The van der Waals surface area contributed by atoms with Crippen LogP contribution in [0.15, 0.2) is 48.5 Å². The van der Waals surface area contributed by atoms with Crippen LogP contribution in [0.25, 0.3) is 0 Å². The van der Waals surface area contributed by atoms with Gasteiger partial charge in [-0.3, -0.25) is 9.69 Å². The van der Waals surface area contributed by atoms with Crippen LogP contribution in [0.2, 0.25) is 0 Å². The van der Waals surface area contributed by atoms with E-state index in [9.17, 15) is 9.90 Å². The Balaban J connectivity index is 1.15. The van der Waals surface area contributed by atoms with Gasteiger partial charge < -0.3 is 20.2 Å². The van der Waals surface area contributed by atoms with Gasteiger partial charge in [-0.15, -0.1) is 0 Å². The van der Waals surface area contributed by atoms with E-state index in [-0.39, 0.29) is 11.9 Å². The Morgan fingerprint density at radius 1 is 0.914 bits per heavy atom. The number of rotatable bonds is 7. The third-order valence-electron chi connectivity index (χ3n) is 8.30. The number of amides is 1. The Hall–Kier alpha value is -2.57. The molecule has 2 N–H and O–H groups in total. The topological polar surface area (TPSA) is 59.1 Å². The number of hydrogen-bond acceptors (Lipinski definition) is 5. The van der Waals surface area contributed by atoms with Crippen molar-refractivity contribution < 1.29 is 9.90 Å². The number of aliphatic hydroxyl groups excluding tert-OH is 1. The molecule has 5 rings (SSSR count). The molecule has 188 valence electrons. The summed E-state index contributed by atoms with van der Waals surface area (Å²) in [5, 5.41) is 14.0. The summed E-state index contributed by atoms with van der Waals surface area (Å²) in [6.45, 7) is 2.71. The van der Waals surface area contributed by atoms with E-state index in [0.717, 1.165) is 43.7 Å². The zero-order chi connectivity index (χ0) is 24.4. The zero-order valence-electron chi connectivity index (χ0n) is 21.2. The molecule has 2 aliphatic heterocycles. The molecular formula is C29H40N4O2. The molecular weight excluding hydrogens is 436 g/mol. The summed E-state index contributed by atoms with van der Waals surface area (Å²) in [7, 11) is 3.98. The van der Waals surface area contributed by atoms with Gasteiger partial charge in [0.25, 0.3) is 0 Å². The molecule has 2 saturated heterocycles. The average molecular weight is 477 g/mol. The second-order valence-corrected chi connectivity index (χ2v) is 10.8. The van der Waals surface area contributed by atoms with Crippen molar-refractivity contribution >= 4 is 17.3 Å². The third-order valence-corrected chi connectivity index (χ3v) is 8.30. The van der Waals surface area contributed by atoms with Crippen LogP contribution in [-0.4, -0.2) is 66.6 Å². The molecule has 35 heavy (non-hydrogen) atoms. The molecule has 3 aliphatic rings. The van der Waals surface area contributed by atoms with Gasteiger partial charge in [0.2, 0.25) is 5.91 Å². The molecule has 0 bridgehead atoms. The number of hydrogen-bond donors (Lipinski definition) is 2. The number of likely N-dealkylation sites (tertiary alicyclic amines) is 1. The lowest BCUT2D eigenvalue weighted by Gasteiger charge is -2.26. The van der Waals surface area contributed by atoms with E-state index in [1.165, 1.54) is 43.4 Å². The van der Waals surface area contributed by atoms with E-state index < -0.39 is 6.23 Å². The summed E-state index contributed by atoms with van der Waals surface area (Å²) >= 11 is 0. The summed E-state index contributed by atoms with van der Waals surface area (Å²) in [6.07, 6.45) is 7.81. The fraction of sp³-hybridized carbons (Fsp3) is 0.552. The van der Waals surface area contributed by atoms with E-state index in [2.05, 4.69) is 51.5 Å². The minimum Gasteiger partial charge on any atom is -0.369 e. The average Bonchev–Trinajstić information content (AvgIpc) is 3.52. The number of likely N-dealkylation sites (N-methyl/N-ethyl adjacent to an activating group) is 1. The van der Waals surface area contributed by atoms with E-state index in [0.29, 0.717) is 12.0 Å². The number of carbonyl (C=O) groups excluding carboxylic acids is 1. The first-order valence-electron chi connectivity index (χ1n) is 13.4. The predicted molar refractivity (Wildman–Crippen MR) is 142 cm³/mol. The molecule has 6 heteroatoms. The van der Waals surface area contributed by atoms with Gasteiger partial charge in [0.1, 0.15) is 0 Å². The summed E-state index contributed by atoms with van der Waals surface area (Å²) in [4.78, 5) is 19.3. The summed E-state index contributed by atoms with van der Waals surface area (Å²) in [5.74, 6) is 0.959. The second-order valence-electron chi connectivity index (χ2n) is 10.8. The second kappa shape index (κ2) is 10.6. The van der Waals surface area contributed by atoms with E-state index in [1.807, 2.05) is 31.1 Å². The number of anilines is 2. The zero-order valence-corrected chi connectivity index (χ0v) is 21.2. The van der Waals surface area contributed by atoms with Gasteiger partial charge in [-0.05, 0) is 75.5 Å². The molecule has 3 fully saturated rings. The Labute approximate surface area is 209 Å². The third kappa shape index (κ3) is 5.34. The van der Waals surface area contributed by atoms with E-state index in [1.54, 1.807) is 0 Å². The molecule has 1 amide bonds. The Morgan fingerprint density at radius 2 is 1.63 bits per heavy atom. The molecule has 1 saturated carbocycles. The Bertz CT molecular complexity index is 985. The van der Waals surface area contributed by atoms with Crippen LogP contribution >= 0.6 is 0 Å². The van der Waals surface area contributed by atoms with Crippen molar-refractivity contribution in [3.8, 4) is 0 Å². The van der Waals surface area contributed by atoms with Crippen molar-refractivity contribution in [2.75, 3.05) is 43.9 Å². The summed E-state index contributed by atoms with van der Waals surface area (Å²) < 4.78 is 0. The van der Waals surface area contributed by atoms with Crippen LogP contribution in [0.3, 0.4) is 0 Å². The summed E-state index contributed by atoms with van der Waals surface area (Å²) in [6, 6.07) is 17.1. The van der Waals surface area contributed by atoms with Crippen molar-refractivity contribution in [2.45, 2.75) is 69.2 Å². The highest BCUT2D eigenvalue weighted by Gasteiger charge is 2.39. The van der Waals surface area contributed by atoms with Crippen molar-refractivity contribution in [1.29, 1.82) is 0 Å². The summed E-state index contributed by atoms with van der Waals surface area (Å²) in [5.41, 5.74) is 4.36. The van der Waals surface area contributed by atoms with Crippen LogP contribution in [0.4, 0.5) is 11.4 Å². The number of benzene rings is 2. The normalized spacial score (nSPS) is 24.4. The molecule has 1 aliphatic carbocycles. The van der Waals surface area contributed by atoms with Crippen LogP contribution < -0.4 is 10.2 Å². The van der Waals surface area contributed by atoms with Crippen LogP contribution in [0.1, 0.15) is 68.2 Å². The lowest BCUT2D eigenvalue weighted by molar-refractivity contribution is -0.133. The highest BCUT2D eigenvalue weighted by molar-refractivity contribution is 5.84. The van der Waals surface area contributed by atoms with Crippen LogP contribution in [0, 0.1) is 0 Å². The highest BCUT2D eigenvalue weighted by atomic mass is 16.3. The quantitative estimate of drug-likeness (QED) is 0.573. The minimum absolute atomic E-state index is 0.0318. The Kier molecular flexibility index (Phi) is 7.30. The number of nitrogens with zero attached hydrogens (tertiary/aromatic N) is 3. The first-order chi connectivity index (χ1) is 17.0. The van der Waals surface area contributed by atoms with Gasteiger partial charge >= 0.3 is 0 Å². The predicted octanol–water partition coefficient (Wildman–Crippen LogP) is 4.58. The van der Waals surface area contributed by atoms with Gasteiger partial charge in [0.05, 0.1) is 12.1 Å². The SMILES string of the molecule is CN(C)C1CCN(C2CCN(c3ccc(NC(O)c4ccc(C5CCCCC5)cc4)cc3)C2)C1=O. The molecule has 3 atom stereocenters. The monoisotopic (exact) mass is 476 g/mol. The molecule has 0 spiro atoms. The molecule has 6 nitrogen and oxygen atoms in total. The minimum atomic E-state index is -0.733. The molecule has 2 aromatic rings. The van der Waals surface area contributed by atoms with Gasteiger partial charge in [-0.2, -0.15) is 0 Å².